The highest BCUT2D eigenvalue weighted by molar-refractivity contribution is 5.81. The van der Waals surface area contributed by atoms with Gasteiger partial charge in [-0.05, 0) is 18.4 Å². The predicted molar refractivity (Wildman–Crippen MR) is 67.4 cm³/mol. The quantitative estimate of drug-likeness (QED) is 0.696. The number of methoxy groups -OCH3 is 1. The SMILES string of the molecule is COCCCC(N)C(=O)NCc1ccccc1. The number of nitrogens with two attached hydrogens (primary N) is 1. The second-order valence-corrected chi connectivity index (χ2v) is 3.94. The third kappa shape index (κ3) is 5.47. The number of carbonyl (C=O) groups is 1. The molecule has 94 valence electrons. The van der Waals surface area contributed by atoms with Crippen LogP contribution in [0.4, 0.5) is 0 Å². The fourth-order valence-corrected chi connectivity index (χ4v) is 1.49. The van der Waals surface area contributed by atoms with Gasteiger partial charge in [0.2, 0.25) is 5.91 Å². The molecule has 0 aliphatic rings. The third-order valence-electron chi connectivity index (χ3n) is 2.51. The molecule has 0 heterocycles. The summed E-state index contributed by atoms with van der Waals surface area (Å²) in [5.41, 5.74) is 6.83. The van der Waals surface area contributed by atoms with E-state index in [9.17, 15) is 4.79 Å². The van der Waals surface area contributed by atoms with Gasteiger partial charge in [-0.1, -0.05) is 30.3 Å². The molecule has 0 saturated heterocycles. The first-order valence-corrected chi connectivity index (χ1v) is 5.80. The average Bonchev–Trinajstić information content (AvgIpc) is 2.37. The van der Waals surface area contributed by atoms with Crippen LogP contribution in [0.15, 0.2) is 30.3 Å². The van der Waals surface area contributed by atoms with Crippen LogP contribution in [0.3, 0.4) is 0 Å². The Bertz CT molecular complexity index is 327. The molecule has 0 aromatic heterocycles. The minimum Gasteiger partial charge on any atom is -0.385 e. The van der Waals surface area contributed by atoms with Crippen LogP contribution in [-0.4, -0.2) is 25.7 Å². The van der Waals surface area contributed by atoms with Crippen molar-refractivity contribution >= 4 is 5.91 Å². The Kier molecular flexibility index (Phi) is 6.29. The lowest BCUT2D eigenvalue weighted by Crippen LogP contribution is -2.40. The smallest absolute Gasteiger partial charge is 0.237 e. The number of benzene rings is 1. The first-order chi connectivity index (χ1) is 8.24. The number of carbonyl (C=O) groups excluding carboxylic acids is 1. The highest BCUT2D eigenvalue weighted by atomic mass is 16.5. The number of hydrogen-bond donors (Lipinski definition) is 2. The van der Waals surface area contributed by atoms with Crippen molar-refractivity contribution in [2.75, 3.05) is 13.7 Å². The fourth-order valence-electron chi connectivity index (χ4n) is 1.49. The summed E-state index contributed by atoms with van der Waals surface area (Å²) < 4.78 is 4.91. The molecule has 1 unspecified atom stereocenters. The van der Waals surface area contributed by atoms with E-state index >= 15 is 0 Å². The van der Waals surface area contributed by atoms with Crippen molar-refractivity contribution in [1.29, 1.82) is 0 Å². The zero-order valence-corrected chi connectivity index (χ0v) is 10.2. The van der Waals surface area contributed by atoms with Gasteiger partial charge in [-0.25, -0.2) is 0 Å². The molecule has 0 saturated carbocycles. The van der Waals surface area contributed by atoms with E-state index in [0.29, 0.717) is 19.6 Å². The predicted octanol–water partition coefficient (Wildman–Crippen LogP) is 1.06. The van der Waals surface area contributed by atoms with Gasteiger partial charge in [-0.3, -0.25) is 4.79 Å². The number of nitrogens with one attached hydrogen (secondary N) is 1. The minimum atomic E-state index is -0.450. The Morgan fingerprint density at radius 1 is 1.41 bits per heavy atom. The molecule has 17 heavy (non-hydrogen) atoms. The highest BCUT2D eigenvalue weighted by Gasteiger charge is 2.11. The summed E-state index contributed by atoms with van der Waals surface area (Å²) in [6.07, 6.45) is 1.45. The second kappa shape index (κ2) is 7.81. The standard InChI is InChI=1S/C13H20N2O2/c1-17-9-5-8-12(14)13(16)15-10-11-6-3-2-4-7-11/h2-4,6-7,12H,5,8-10,14H2,1H3,(H,15,16). The van der Waals surface area contributed by atoms with Gasteiger partial charge in [0, 0.05) is 20.3 Å². The maximum absolute atomic E-state index is 11.6. The van der Waals surface area contributed by atoms with Gasteiger partial charge in [0.1, 0.15) is 0 Å². The Balaban J connectivity index is 2.24. The Labute approximate surface area is 102 Å². The van der Waals surface area contributed by atoms with Gasteiger partial charge in [0.25, 0.3) is 0 Å². The van der Waals surface area contributed by atoms with Crippen LogP contribution in [0.5, 0.6) is 0 Å². The van der Waals surface area contributed by atoms with Gasteiger partial charge < -0.3 is 15.8 Å². The lowest BCUT2D eigenvalue weighted by atomic mass is 10.1. The van der Waals surface area contributed by atoms with Crippen LogP contribution in [0.1, 0.15) is 18.4 Å². The van der Waals surface area contributed by atoms with Crippen LogP contribution >= 0.6 is 0 Å². The molecule has 1 rings (SSSR count). The summed E-state index contributed by atoms with van der Waals surface area (Å²) in [6.45, 7) is 1.16. The summed E-state index contributed by atoms with van der Waals surface area (Å²) in [7, 11) is 1.64. The molecule has 1 aromatic carbocycles. The summed E-state index contributed by atoms with van der Waals surface area (Å²) in [6, 6.07) is 9.32. The van der Waals surface area contributed by atoms with Crippen molar-refractivity contribution < 1.29 is 9.53 Å². The molecular formula is C13H20N2O2. The molecule has 3 N–H and O–H groups in total. The van der Waals surface area contributed by atoms with E-state index in [1.165, 1.54) is 0 Å². The normalized spacial score (nSPS) is 12.1. The first-order valence-electron chi connectivity index (χ1n) is 5.80. The molecular weight excluding hydrogens is 216 g/mol. The molecule has 4 nitrogen and oxygen atoms in total. The zero-order chi connectivity index (χ0) is 12.5. The lowest BCUT2D eigenvalue weighted by Gasteiger charge is -2.11. The molecule has 0 spiro atoms. The molecule has 0 fully saturated rings. The molecule has 0 bridgehead atoms. The van der Waals surface area contributed by atoms with E-state index in [2.05, 4.69) is 5.32 Å². The summed E-state index contributed by atoms with van der Waals surface area (Å²) in [4.78, 5) is 11.6. The molecule has 0 aliphatic carbocycles. The molecule has 0 radical (unpaired) electrons. The Morgan fingerprint density at radius 3 is 2.76 bits per heavy atom. The Hall–Kier alpha value is -1.39. The molecule has 1 aromatic rings. The monoisotopic (exact) mass is 236 g/mol. The van der Waals surface area contributed by atoms with Gasteiger partial charge in [0.05, 0.1) is 6.04 Å². The average molecular weight is 236 g/mol. The molecule has 1 amide bonds. The van der Waals surface area contributed by atoms with Crippen molar-refractivity contribution in [2.45, 2.75) is 25.4 Å². The van der Waals surface area contributed by atoms with E-state index in [1.54, 1.807) is 7.11 Å². The highest BCUT2D eigenvalue weighted by Crippen LogP contribution is 1.99. The van der Waals surface area contributed by atoms with E-state index in [4.69, 9.17) is 10.5 Å². The molecule has 1 atom stereocenters. The molecule has 0 aliphatic heterocycles. The summed E-state index contributed by atoms with van der Waals surface area (Å²) in [5.74, 6) is -0.107. The maximum Gasteiger partial charge on any atom is 0.237 e. The number of amides is 1. The van der Waals surface area contributed by atoms with Gasteiger partial charge in [0.15, 0.2) is 0 Å². The van der Waals surface area contributed by atoms with Crippen LogP contribution in [-0.2, 0) is 16.1 Å². The zero-order valence-electron chi connectivity index (χ0n) is 10.2. The third-order valence-corrected chi connectivity index (χ3v) is 2.51. The molecule has 4 heteroatoms. The van der Waals surface area contributed by atoms with Crippen LogP contribution in [0.2, 0.25) is 0 Å². The maximum atomic E-state index is 11.6. The summed E-state index contributed by atoms with van der Waals surface area (Å²) >= 11 is 0. The number of rotatable bonds is 7. The van der Waals surface area contributed by atoms with Crippen molar-refractivity contribution in [1.82, 2.24) is 5.32 Å². The second-order valence-electron chi connectivity index (χ2n) is 3.94. The first kappa shape index (κ1) is 13.7. The summed E-state index contributed by atoms with van der Waals surface area (Å²) in [5, 5.41) is 2.82. The van der Waals surface area contributed by atoms with Crippen LogP contribution < -0.4 is 11.1 Å². The largest absolute Gasteiger partial charge is 0.385 e. The van der Waals surface area contributed by atoms with Gasteiger partial charge in [-0.2, -0.15) is 0 Å². The van der Waals surface area contributed by atoms with Crippen molar-refractivity contribution in [2.24, 2.45) is 5.73 Å². The lowest BCUT2D eigenvalue weighted by molar-refractivity contribution is -0.122. The Morgan fingerprint density at radius 2 is 2.12 bits per heavy atom. The van der Waals surface area contributed by atoms with Crippen molar-refractivity contribution in [3.63, 3.8) is 0 Å². The van der Waals surface area contributed by atoms with E-state index in [1.807, 2.05) is 30.3 Å². The number of hydrogen-bond acceptors (Lipinski definition) is 3. The van der Waals surface area contributed by atoms with E-state index in [-0.39, 0.29) is 5.91 Å². The van der Waals surface area contributed by atoms with E-state index in [0.717, 1.165) is 12.0 Å². The van der Waals surface area contributed by atoms with E-state index < -0.39 is 6.04 Å². The minimum absolute atomic E-state index is 0.107. The topological polar surface area (TPSA) is 64.3 Å². The fraction of sp³-hybridized carbons (Fsp3) is 0.462. The number of ether oxygens (including phenoxy) is 1. The van der Waals surface area contributed by atoms with Gasteiger partial charge in [-0.15, -0.1) is 0 Å². The van der Waals surface area contributed by atoms with Gasteiger partial charge >= 0.3 is 0 Å². The van der Waals surface area contributed by atoms with Crippen LogP contribution in [0.25, 0.3) is 0 Å². The van der Waals surface area contributed by atoms with Crippen molar-refractivity contribution in [3.05, 3.63) is 35.9 Å². The van der Waals surface area contributed by atoms with Crippen LogP contribution in [0, 0.1) is 0 Å². The van der Waals surface area contributed by atoms with Crippen molar-refractivity contribution in [3.8, 4) is 0 Å².